The fourth-order valence-corrected chi connectivity index (χ4v) is 0.741. The van der Waals surface area contributed by atoms with E-state index in [4.69, 9.17) is 9.81 Å². The van der Waals surface area contributed by atoms with Crippen molar-refractivity contribution in [3.63, 3.8) is 0 Å². The van der Waals surface area contributed by atoms with Crippen LogP contribution < -0.4 is 0 Å². The summed E-state index contributed by atoms with van der Waals surface area (Å²) in [5.41, 5.74) is 0. The van der Waals surface area contributed by atoms with E-state index in [1.54, 1.807) is 0 Å². The largest absolute Gasteiger partial charge is 0.389 e. The summed E-state index contributed by atoms with van der Waals surface area (Å²) in [5, 5.41) is 7.49. The summed E-state index contributed by atoms with van der Waals surface area (Å²) in [6.07, 6.45) is 0. The minimum Gasteiger partial charge on any atom is -0.267 e. The highest BCUT2D eigenvalue weighted by molar-refractivity contribution is 7.81. The Morgan fingerprint density at radius 1 is 1.50 bits per heavy atom. The van der Waals surface area contributed by atoms with Gasteiger partial charge >= 0.3 is 20.4 Å². The Hall–Kier alpha value is 0.00688. The SMILES string of the molecule is O=S(=O)(O)O[SiH2]OO. The van der Waals surface area contributed by atoms with Crippen LogP contribution in [0.3, 0.4) is 0 Å². The highest BCUT2D eigenvalue weighted by atomic mass is 32.3. The zero-order chi connectivity index (χ0) is 6.62. The lowest BCUT2D eigenvalue weighted by Gasteiger charge is -1.91. The van der Waals surface area contributed by atoms with Crippen molar-refractivity contribution in [2.45, 2.75) is 0 Å². The summed E-state index contributed by atoms with van der Waals surface area (Å²) in [4.78, 5) is 0. The number of hydrogen-bond donors (Lipinski definition) is 2. The maximum atomic E-state index is 9.57. The molecule has 0 aliphatic carbocycles. The van der Waals surface area contributed by atoms with E-state index in [9.17, 15) is 8.42 Å². The van der Waals surface area contributed by atoms with Gasteiger partial charge < -0.3 is 0 Å². The lowest BCUT2D eigenvalue weighted by atomic mass is 15.0. The van der Waals surface area contributed by atoms with Crippen LogP contribution in [-0.2, 0) is 18.8 Å². The molecule has 0 saturated carbocycles. The van der Waals surface area contributed by atoms with Crippen molar-refractivity contribution in [2.24, 2.45) is 0 Å². The monoisotopic (exact) mass is 160 g/mol. The van der Waals surface area contributed by atoms with E-state index < -0.39 is 20.4 Å². The summed E-state index contributed by atoms with van der Waals surface area (Å²) in [6.45, 7) is 0. The van der Waals surface area contributed by atoms with E-state index in [1.165, 1.54) is 0 Å². The Balaban J connectivity index is 3.42. The van der Waals surface area contributed by atoms with E-state index in [-0.39, 0.29) is 0 Å². The second-order valence-corrected chi connectivity index (χ2v) is 3.08. The fourth-order valence-electron chi connectivity index (χ4n) is 0.0823. The molecule has 0 unspecified atom stereocenters. The van der Waals surface area contributed by atoms with Crippen LogP contribution in [0.5, 0.6) is 0 Å². The Labute approximate surface area is 48.0 Å². The second-order valence-electron chi connectivity index (χ2n) is 0.793. The molecule has 0 radical (unpaired) electrons. The average Bonchev–Trinajstić information content (AvgIpc) is 1.59. The zero-order valence-electron chi connectivity index (χ0n) is 3.64. The molecule has 0 aromatic carbocycles. The van der Waals surface area contributed by atoms with Gasteiger partial charge in [0.25, 0.3) is 0 Å². The molecule has 8 heavy (non-hydrogen) atoms. The van der Waals surface area contributed by atoms with E-state index in [0.29, 0.717) is 0 Å². The van der Waals surface area contributed by atoms with Gasteiger partial charge in [-0.25, -0.2) is 0 Å². The van der Waals surface area contributed by atoms with Crippen LogP contribution >= 0.6 is 0 Å². The van der Waals surface area contributed by atoms with Crippen LogP contribution in [0, 0.1) is 0 Å². The Kier molecular flexibility index (Phi) is 3.12. The summed E-state index contributed by atoms with van der Waals surface area (Å²) < 4.78 is 33.7. The Morgan fingerprint density at radius 3 is 2.12 bits per heavy atom. The lowest BCUT2D eigenvalue weighted by Crippen LogP contribution is -2.09. The minimum atomic E-state index is -4.41. The molecular formula is H4O6SSi. The molecule has 0 saturated heterocycles. The van der Waals surface area contributed by atoms with Crippen molar-refractivity contribution < 1.29 is 26.7 Å². The lowest BCUT2D eigenvalue weighted by molar-refractivity contribution is -0.147. The van der Waals surface area contributed by atoms with Crippen LogP contribution in [0.15, 0.2) is 0 Å². The van der Waals surface area contributed by atoms with E-state index in [1.807, 2.05) is 0 Å². The maximum absolute atomic E-state index is 9.57. The molecule has 2 N–H and O–H groups in total. The van der Waals surface area contributed by atoms with Crippen molar-refractivity contribution in [3.05, 3.63) is 0 Å². The summed E-state index contributed by atoms with van der Waals surface area (Å²) in [6, 6.07) is 0. The van der Waals surface area contributed by atoms with Crippen LogP contribution in [0.25, 0.3) is 0 Å². The molecule has 8 heteroatoms. The summed E-state index contributed by atoms with van der Waals surface area (Å²) in [7, 11) is -6.37. The van der Waals surface area contributed by atoms with Crippen molar-refractivity contribution in [3.8, 4) is 0 Å². The van der Waals surface area contributed by atoms with Gasteiger partial charge in [0.2, 0.25) is 0 Å². The molecule has 50 valence electrons. The molecule has 0 aliphatic heterocycles. The molecule has 0 aromatic heterocycles. The van der Waals surface area contributed by atoms with Gasteiger partial charge in [0.15, 0.2) is 0 Å². The zero-order valence-corrected chi connectivity index (χ0v) is 5.87. The van der Waals surface area contributed by atoms with Gasteiger partial charge in [0, 0.05) is 0 Å². The molecule has 6 nitrogen and oxygen atoms in total. The average molecular weight is 160 g/mol. The van der Waals surface area contributed by atoms with Gasteiger partial charge in [-0.15, -0.1) is 0 Å². The molecule has 0 spiro atoms. The van der Waals surface area contributed by atoms with Gasteiger partial charge in [-0.3, -0.25) is 18.3 Å². The van der Waals surface area contributed by atoms with Crippen molar-refractivity contribution >= 4 is 20.4 Å². The van der Waals surface area contributed by atoms with Gasteiger partial charge in [-0.1, -0.05) is 0 Å². The first-order valence-corrected chi connectivity index (χ1v) is 3.96. The first kappa shape index (κ1) is 8.01. The third-order valence-electron chi connectivity index (χ3n) is 0.250. The Bertz CT molecular complexity index is 133. The van der Waals surface area contributed by atoms with E-state index >= 15 is 0 Å². The first-order valence-electron chi connectivity index (χ1n) is 1.44. The second kappa shape index (κ2) is 3.12. The molecule has 0 aromatic rings. The van der Waals surface area contributed by atoms with Gasteiger partial charge in [0.05, 0.1) is 0 Å². The third-order valence-corrected chi connectivity index (χ3v) is 1.93. The maximum Gasteiger partial charge on any atom is 0.389 e. The van der Waals surface area contributed by atoms with Crippen molar-refractivity contribution in [1.29, 1.82) is 0 Å². The van der Waals surface area contributed by atoms with Gasteiger partial charge in [-0.2, -0.15) is 8.42 Å². The summed E-state index contributed by atoms with van der Waals surface area (Å²) in [5.74, 6) is 0. The highest BCUT2D eigenvalue weighted by Gasteiger charge is 2.02. The molecule has 0 fully saturated rings. The molecule has 0 amide bonds. The molecule has 0 bridgehead atoms. The highest BCUT2D eigenvalue weighted by Crippen LogP contribution is 1.80. The van der Waals surface area contributed by atoms with Gasteiger partial charge in [0.1, 0.15) is 0 Å². The molecule has 0 atom stereocenters. The Morgan fingerprint density at radius 2 is 2.00 bits per heavy atom. The van der Waals surface area contributed by atoms with Crippen LogP contribution in [0.2, 0.25) is 0 Å². The standard InChI is InChI=1S/H4O6SSi/c1-5-8-6-7(2,3)4/h1H,8H2,(H,2,3,4). The number of rotatable bonds is 3. The van der Waals surface area contributed by atoms with Crippen molar-refractivity contribution in [2.75, 3.05) is 0 Å². The molecule has 0 heterocycles. The quantitative estimate of drug-likeness (QED) is 0.221. The van der Waals surface area contributed by atoms with Crippen molar-refractivity contribution in [1.82, 2.24) is 0 Å². The van der Waals surface area contributed by atoms with Crippen LogP contribution in [-0.4, -0.2) is 28.2 Å². The van der Waals surface area contributed by atoms with Crippen LogP contribution in [0.1, 0.15) is 0 Å². The molecular weight excluding hydrogens is 156 g/mol. The smallest absolute Gasteiger partial charge is 0.267 e. The van der Waals surface area contributed by atoms with E-state index in [0.717, 1.165) is 0 Å². The number of hydrogen-bond acceptors (Lipinski definition) is 5. The summed E-state index contributed by atoms with van der Waals surface area (Å²) >= 11 is 0. The van der Waals surface area contributed by atoms with E-state index in [2.05, 4.69) is 8.45 Å². The predicted molar refractivity (Wildman–Crippen MR) is 24.9 cm³/mol. The molecule has 0 aliphatic rings. The molecule has 0 rings (SSSR count). The predicted octanol–water partition coefficient (Wildman–Crippen LogP) is -1.71. The first-order chi connectivity index (χ1) is 3.56. The normalized spacial score (nSPS) is 13.2. The topological polar surface area (TPSA) is 93.1 Å². The fraction of sp³-hybridized carbons (Fsp3) is 0. The minimum absolute atomic E-state index is 1.96. The third kappa shape index (κ3) is 6.01. The van der Waals surface area contributed by atoms with Gasteiger partial charge in [-0.05, 0) is 0 Å². The van der Waals surface area contributed by atoms with Crippen LogP contribution in [0.4, 0.5) is 0 Å².